The molecule has 0 unspecified atom stereocenters. The van der Waals surface area contributed by atoms with Gasteiger partial charge in [0.15, 0.2) is 11.4 Å². The molecule has 1 saturated heterocycles. The first kappa shape index (κ1) is 25.8. The molecular formula is C28H25ClFN7O3. The second-order valence-electron chi connectivity index (χ2n) is 9.92. The Labute approximate surface area is 234 Å². The average molecular weight is 562 g/mol. The van der Waals surface area contributed by atoms with Gasteiger partial charge in [-0.1, -0.05) is 35.9 Å². The minimum atomic E-state index is -1.25. The van der Waals surface area contributed by atoms with Crippen LogP contribution in [-0.4, -0.2) is 44.8 Å². The number of hydrogen-bond acceptors (Lipinski definition) is 7. The van der Waals surface area contributed by atoms with E-state index in [1.54, 1.807) is 11.0 Å². The molecule has 10 nitrogen and oxygen atoms in total. The number of anilines is 2. The molecule has 2 aliphatic heterocycles. The SMILES string of the molecule is Cc1cnn(Cc2ccc(CNC(=O)c3ccnc(N4CC[C@]5(C4)OC(=O)Nc4ccc(Cl)c(F)c45)n3)cc2)c1. The monoisotopic (exact) mass is 561 g/mol. The van der Waals surface area contributed by atoms with Crippen molar-refractivity contribution in [2.24, 2.45) is 0 Å². The van der Waals surface area contributed by atoms with Crippen LogP contribution in [0.15, 0.2) is 61.1 Å². The summed E-state index contributed by atoms with van der Waals surface area (Å²) in [5.41, 5.74) is 2.60. The molecule has 1 spiro atoms. The average Bonchev–Trinajstić information content (AvgIpc) is 3.56. The Morgan fingerprint density at radius 3 is 2.77 bits per heavy atom. The number of hydrogen-bond donors (Lipinski definition) is 2. The third-order valence-corrected chi connectivity index (χ3v) is 7.34. The Hall–Kier alpha value is -4.51. The van der Waals surface area contributed by atoms with Crippen LogP contribution in [0.25, 0.3) is 0 Å². The van der Waals surface area contributed by atoms with Crippen molar-refractivity contribution in [1.29, 1.82) is 0 Å². The summed E-state index contributed by atoms with van der Waals surface area (Å²) in [7, 11) is 0. The Balaban J connectivity index is 1.12. The van der Waals surface area contributed by atoms with Crippen LogP contribution in [0.2, 0.25) is 5.02 Å². The number of aryl methyl sites for hydroxylation is 1. The molecule has 0 radical (unpaired) electrons. The molecule has 2 aromatic heterocycles. The molecule has 12 heteroatoms. The first-order valence-corrected chi connectivity index (χ1v) is 13.1. The molecule has 204 valence electrons. The summed E-state index contributed by atoms with van der Waals surface area (Å²) in [6.45, 7) is 3.49. The lowest BCUT2D eigenvalue weighted by Crippen LogP contribution is -2.43. The van der Waals surface area contributed by atoms with E-state index in [1.807, 2.05) is 48.3 Å². The molecular weight excluding hydrogens is 537 g/mol. The first-order valence-electron chi connectivity index (χ1n) is 12.7. The van der Waals surface area contributed by atoms with E-state index in [4.69, 9.17) is 16.3 Å². The van der Waals surface area contributed by atoms with Gasteiger partial charge in [0.05, 0.1) is 35.6 Å². The van der Waals surface area contributed by atoms with Crippen LogP contribution in [0.1, 0.15) is 39.2 Å². The number of nitrogens with one attached hydrogen (secondary N) is 2. The van der Waals surface area contributed by atoms with E-state index in [-0.39, 0.29) is 34.7 Å². The van der Waals surface area contributed by atoms with Crippen molar-refractivity contribution in [3.8, 4) is 0 Å². The van der Waals surface area contributed by atoms with Crippen molar-refractivity contribution in [2.45, 2.75) is 32.0 Å². The van der Waals surface area contributed by atoms with E-state index in [2.05, 4.69) is 25.7 Å². The smallest absolute Gasteiger partial charge is 0.412 e. The highest BCUT2D eigenvalue weighted by Crippen LogP contribution is 2.46. The van der Waals surface area contributed by atoms with Crippen LogP contribution >= 0.6 is 11.6 Å². The van der Waals surface area contributed by atoms with Crippen LogP contribution in [-0.2, 0) is 23.4 Å². The second-order valence-corrected chi connectivity index (χ2v) is 10.3. The number of nitrogens with zero attached hydrogens (tertiary/aromatic N) is 5. The van der Waals surface area contributed by atoms with Crippen LogP contribution in [0, 0.1) is 12.7 Å². The van der Waals surface area contributed by atoms with Crippen molar-refractivity contribution in [3.05, 3.63) is 99.8 Å². The standard InChI is InChI=1S/C28H25ClFN7O3/c1-17-12-33-37(14-17)15-19-4-2-18(3-5-19)13-32-25(38)22-8-10-31-26(34-22)36-11-9-28(16-36)23-21(35-27(39)40-28)7-6-20(29)24(23)30/h2-8,10,12,14H,9,11,13,15-16H2,1H3,(H,32,38)(H,35,39)/t28-/m1/s1. The summed E-state index contributed by atoms with van der Waals surface area (Å²) < 4.78 is 22.6. The third-order valence-electron chi connectivity index (χ3n) is 7.05. The maximum atomic E-state index is 15.1. The summed E-state index contributed by atoms with van der Waals surface area (Å²) in [4.78, 5) is 35.7. The van der Waals surface area contributed by atoms with Crippen molar-refractivity contribution in [3.63, 3.8) is 0 Å². The lowest BCUT2D eigenvalue weighted by atomic mass is 9.89. The Bertz CT molecular complexity index is 1610. The van der Waals surface area contributed by atoms with Gasteiger partial charge < -0.3 is 15.0 Å². The molecule has 4 heterocycles. The van der Waals surface area contributed by atoms with Crippen molar-refractivity contribution < 1.29 is 18.7 Å². The number of amides is 2. The lowest BCUT2D eigenvalue weighted by Gasteiger charge is -2.35. The molecule has 2 aromatic carbocycles. The number of carbonyl (C=O) groups is 2. The normalized spacial score (nSPS) is 17.9. The van der Waals surface area contributed by atoms with E-state index in [0.717, 1.165) is 16.7 Å². The van der Waals surface area contributed by atoms with Gasteiger partial charge in [-0.2, -0.15) is 5.10 Å². The molecule has 40 heavy (non-hydrogen) atoms. The van der Waals surface area contributed by atoms with Crippen LogP contribution in [0.4, 0.5) is 20.8 Å². The summed E-state index contributed by atoms with van der Waals surface area (Å²) >= 11 is 6.04. The van der Waals surface area contributed by atoms with Crippen LogP contribution in [0.3, 0.4) is 0 Å². The number of ether oxygens (including phenoxy) is 1. The van der Waals surface area contributed by atoms with Gasteiger partial charge in [0.25, 0.3) is 5.91 Å². The highest BCUT2D eigenvalue weighted by molar-refractivity contribution is 6.31. The lowest BCUT2D eigenvalue weighted by molar-refractivity contribution is 0.0263. The van der Waals surface area contributed by atoms with E-state index in [9.17, 15) is 9.59 Å². The zero-order valence-electron chi connectivity index (χ0n) is 21.5. The minimum Gasteiger partial charge on any atom is -0.436 e. The fourth-order valence-corrected chi connectivity index (χ4v) is 5.26. The Morgan fingerprint density at radius 1 is 1.20 bits per heavy atom. The van der Waals surface area contributed by atoms with Gasteiger partial charge in [-0.05, 0) is 41.8 Å². The predicted octanol–water partition coefficient (Wildman–Crippen LogP) is 4.42. The van der Waals surface area contributed by atoms with Gasteiger partial charge in [0, 0.05) is 31.9 Å². The van der Waals surface area contributed by atoms with E-state index < -0.39 is 17.5 Å². The molecule has 2 aliphatic rings. The molecule has 1 atom stereocenters. The summed E-state index contributed by atoms with van der Waals surface area (Å²) in [6.07, 6.45) is 4.93. The minimum absolute atomic E-state index is 0.0612. The quantitative estimate of drug-likeness (QED) is 0.358. The van der Waals surface area contributed by atoms with Gasteiger partial charge in [0.1, 0.15) is 5.69 Å². The fourth-order valence-electron chi connectivity index (χ4n) is 5.11. The maximum Gasteiger partial charge on any atom is 0.412 e. The Morgan fingerprint density at radius 2 is 2.00 bits per heavy atom. The number of aromatic nitrogens is 4. The summed E-state index contributed by atoms with van der Waals surface area (Å²) in [5.74, 6) is -0.717. The largest absolute Gasteiger partial charge is 0.436 e. The number of rotatable bonds is 6. The highest BCUT2D eigenvalue weighted by Gasteiger charge is 2.50. The highest BCUT2D eigenvalue weighted by atomic mass is 35.5. The molecule has 2 N–H and O–H groups in total. The zero-order valence-corrected chi connectivity index (χ0v) is 22.3. The Kier molecular flexibility index (Phi) is 6.59. The topological polar surface area (TPSA) is 114 Å². The van der Waals surface area contributed by atoms with E-state index >= 15 is 4.39 Å². The number of benzene rings is 2. The fraction of sp³-hybridized carbons (Fsp3) is 0.250. The number of halogens is 2. The molecule has 4 aromatic rings. The summed E-state index contributed by atoms with van der Waals surface area (Å²) in [6, 6.07) is 12.4. The van der Waals surface area contributed by atoms with Gasteiger partial charge >= 0.3 is 6.09 Å². The van der Waals surface area contributed by atoms with E-state index in [0.29, 0.717) is 31.7 Å². The van der Waals surface area contributed by atoms with E-state index in [1.165, 1.54) is 18.3 Å². The van der Waals surface area contributed by atoms with Crippen LogP contribution < -0.4 is 15.5 Å². The molecule has 2 amide bonds. The van der Waals surface area contributed by atoms with Gasteiger partial charge in [-0.25, -0.2) is 19.2 Å². The number of fused-ring (bicyclic) bond motifs is 2. The molecule has 0 aliphatic carbocycles. The third kappa shape index (κ3) is 4.95. The maximum absolute atomic E-state index is 15.1. The van der Waals surface area contributed by atoms with Crippen molar-refractivity contribution in [1.82, 2.24) is 25.1 Å². The predicted molar refractivity (Wildman–Crippen MR) is 146 cm³/mol. The zero-order chi connectivity index (χ0) is 27.9. The van der Waals surface area contributed by atoms with Gasteiger partial charge in [-0.3, -0.25) is 14.8 Å². The van der Waals surface area contributed by atoms with Crippen molar-refractivity contribution >= 4 is 35.2 Å². The van der Waals surface area contributed by atoms with Crippen molar-refractivity contribution in [2.75, 3.05) is 23.3 Å². The van der Waals surface area contributed by atoms with Crippen LogP contribution in [0.5, 0.6) is 0 Å². The number of carbonyl (C=O) groups excluding carboxylic acids is 2. The molecule has 6 rings (SSSR count). The molecule has 0 bridgehead atoms. The first-order chi connectivity index (χ1) is 19.3. The summed E-state index contributed by atoms with van der Waals surface area (Å²) in [5, 5.41) is 9.67. The van der Waals surface area contributed by atoms with Gasteiger partial charge in [0.2, 0.25) is 5.95 Å². The molecule has 1 fully saturated rings. The second kappa shape index (κ2) is 10.2. The molecule has 0 saturated carbocycles. The van der Waals surface area contributed by atoms with Gasteiger partial charge in [-0.15, -0.1) is 0 Å².